The third-order valence-corrected chi connectivity index (χ3v) is 11.5. The molecule has 0 saturated carbocycles. The summed E-state index contributed by atoms with van der Waals surface area (Å²) in [6, 6.07) is 25.6. The van der Waals surface area contributed by atoms with Gasteiger partial charge >= 0.3 is 0 Å². The molecule has 4 aromatic carbocycles. The number of fused-ring (bicyclic) bond motifs is 1. The number of halogens is 2. The SMILES string of the molecule is O=C(CNC(=S)Nc1ccccc1F)N[C@@H](Cc1ccccc1)C(=O)NCC(=O)N[C@@H](Cc1ccccc1)C(=O)N1CCC[C@H]1C(=O)N1CCC(c2noc3cc(F)ccc23)CC1. The summed E-state index contributed by atoms with van der Waals surface area (Å²) in [5.41, 5.74) is 2.79. The molecule has 2 aliphatic heterocycles. The number of benzene rings is 4. The van der Waals surface area contributed by atoms with Crippen molar-refractivity contribution in [3.63, 3.8) is 0 Å². The van der Waals surface area contributed by atoms with Gasteiger partial charge in [0.2, 0.25) is 29.5 Å². The maximum absolute atomic E-state index is 14.4. The van der Waals surface area contributed by atoms with Gasteiger partial charge in [-0.2, -0.15) is 0 Å². The molecule has 7 rings (SSSR count). The number of hydrogen-bond acceptors (Lipinski definition) is 8. The first kappa shape index (κ1) is 44.3. The summed E-state index contributed by atoms with van der Waals surface area (Å²) in [5.74, 6) is -3.33. The highest BCUT2D eigenvalue weighted by Gasteiger charge is 2.40. The van der Waals surface area contributed by atoms with Gasteiger partial charge in [0.1, 0.15) is 29.8 Å². The largest absolute Gasteiger partial charge is 0.356 e. The molecule has 5 amide bonds. The number of carbonyl (C=O) groups excluding carboxylic acids is 5. The number of carbonyl (C=O) groups is 5. The molecule has 14 nitrogen and oxygen atoms in total. The number of thiocarbonyl (C=S) groups is 1. The Morgan fingerprint density at radius 2 is 1.37 bits per heavy atom. The minimum atomic E-state index is -1.09. The van der Waals surface area contributed by atoms with Gasteiger partial charge in [-0.1, -0.05) is 78.0 Å². The molecule has 2 fully saturated rings. The summed E-state index contributed by atoms with van der Waals surface area (Å²) in [6.45, 7) is 0.406. The number of nitrogens with one attached hydrogen (secondary N) is 5. The molecule has 3 atom stereocenters. The van der Waals surface area contributed by atoms with E-state index in [4.69, 9.17) is 16.7 Å². The zero-order valence-corrected chi connectivity index (χ0v) is 35.2. The van der Waals surface area contributed by atoms with E-state index in [0.717, 1.165) is 22.2 Å². The number of aromatic nitrogens is 1. The predicted molar refractivity (Wildman–Crippen MR) is 235 cm³/mol. The molecular formula is C46H48F2N8O6S. The van der Waals surface area contributed by atoms with Crippen molar-refractivity contribution in [3.05, 3.63) is 132 Å². The summed E-state index contributed by atoms with van der Waals surface area (Å²) in [5, 5.41) is 18.5. The summed E-state index contributed by atoms with van der Waals surface area (Å²) in [6.07, 6.45) is 2.58. The topological polar surface area (TPSA) is 178 Å². The molecule has 2 aliphatic rings. The van der Waals surface area contributed by atoms with Crippen LogP contribution in [0.25, 0.3) is 11.0 Å². The summed E-state index contributed by atoms with van der Waals surface area (Å²) >= 11 is 5.21. The fourth-order valence-electron chi connectivity index (χ4n) is 8.08. The number of hydrogen-bond donors (Lipinski definition) is 5. The van der Waals surface area contributed by atoms with E-state index in [1.165, 1.54) is 30.3 Å². The molecule has 0 aliphatic carbocycles. The van der Waals surface area contributed by atoms with Crippen molar-refractivity contribution in [1.29, 1.82) is 0 Å². The summed E-state index contributed by atoms with van der Waals surface area (Å²) in [4.78, 5) is 71.9. The molecule has 63 heavy (non-hydrogen) atoms. The first-order valence-electron chi connectivity index (χ1n) is 20.9. The number of para-hydroxylation sites is 1. The average molecular weight is 879 g/mol. The van der Waals surface area contributed by atoms with E-state index in [2.05, 4.69) is 31.7 Å². The second-order valence-electron chi connectivity index (χ2n) is 15.6. The van der Waals surface area contributed by atoms with Crippen LogP contribution in [0, 0.1) is 11.6 Å². The number of rotatable bonds is 15. The molecule has 5 N–H and O–H groups in total. The number of anilines is 1. The lowest BCUT2D eigenvalue weighted by atomic mass is 9.91. The number of amides is 5. The first-order valence-corrected chi connectivity index (χ1v) is 21.3. The van der Waals surface area contributed by atoms with Crippen molar-refractivity contribution in [2.24, 2.45) is 0 Å². The Morgan fingerprint density at radius 1 is 0.746 bits per heavy atom. The van der Waals surface area contributed by atoms with Gasteiger partial charge in [0, 0.05) is 49.8 Å². The van der Waals surface area contributed by atoms with Gasteiger partial charge in [-0.15, -0.1) is 0 Å². The highest BCUT2D eigenvalue weighted by atomic mass is 32.1. The van der Waals surface area contributed by atoms with Crippen LogP contribution in [0.3, 0.4) is 0 Å². The fraction of sp³-hybridized carbons (Fsp3) is 0.326. The van der Waals surface area contributed by atoms with Crippen molar-refractivity contribution in [2.45, 2.75) is 62.6 Å². The van der Waals surface area contributed by atoms with Gasteiger partial charge in [0.15, 0.2) is 10.7 Å². The van der Waals surface area contributed by atoms with Crippen LogP contribution < -0.4 is 26.6 Å². The van der Waals surface area contributed by atoms with Gasteiger partial charge in [0.25, 0.3) is 0 Å². The van der Waals surface area contributed by atoms with Crippen LogP contribution in [-0.2, 0) is 36.8 Å². The van der Waals surface area contributed by atoms with E-state index in [0.29, 0.717) is 50.9 Å². The number of likely N-dealkylation sites (tertiary alicyclic amines) is 2. The lowest BCUT2D eigenvalue weighted by Crippen LogP contribution is -2.57. The quantitative estimate of drug-likeness (QED) is 0.0951. The molecule has 3 heterocycles. The average Bonchev–Trinajstić information content (AvgIpc) is 3.96. The Bertz CT molecular complexity index is 2430. The van der Waals surface area contributed by atoms with E-state index in [1.54, 1.807) is 46.2 Å². The zero-order valence-electron chi connectivity index (χ0n) is 34.4. The highest BCUT2D eigenvalue weighted by molar-refractivity contribution is 7.80. The van der Waals surface area contributed by atoms with Crippen molar-refractivity contribution in [2.75, 3.05) is 38.0 Å². The monoisotopic (exact) mass is 878 g/mol. The van der Waals surface area contributed by atoms with Gasteiger partial charge in [-0.25, -0.2) is 8.78 Å². The third-order valence-electron chi connectivity index (χ3n) is 11.3. The van der Waals surface area contributed by atoms with E-state index in [9.17, 15) is 32.8 Å². The van der Waals surface area contributed by atoms with Crippen LogP contribution in [-0.4, -0.2) is 100 Å². The van der Waals surface area contributed by atoms with Crippen LogP contribution >= 0.6 is 12.2 Å². The van der Waals surface area contributed by atoms with Crippen molar-refractivity contribution < 1.29 is 37.3 Å². The normalized spacial score (nSPS) is 16.2. The van der Waals surface area contributed by atoms with Gasteiger partial charge in [-0.05, 0) is 73.3 Å². The molecular weight excluding hydrogens is 831 g/mol. The lowest BCUT2D eigenvalue weighted by Gasteiger charge is -2.36. The van der Waals surface area contributed by atoms with Crippen LogP contribution in [0.15, 0.2) is 108 Å². The van der Waals surface area contributed by atoms with Crippen LogP contribution in [0.2, 0.25) is 0 Å². The highest BCUT2D eigenvalue weighted by Crippen LogP contribution is 2.34. The Labute approximate surface area is 368 Å². The van der Waals surface area contributed by atoms with Gasteiger partial charge < -0.3 is 40.9 Å². The molecule has 328 valence electrons. The minimum absolute atomic E-state index is 0.00150. The van der Waals surface area contributed by atoms with E-state index in [-0.39, 0.29) is 42.0 Å². The Hall–Kier alpha value is -6.75. The fourth-order valence-corrected chi connectivity index (χ4v) is 8.26. The Morgan fingerprint density at radius 3 is 2.05 bits per heavy atom. The van der Waals surface area contributed by atoms with Crippen LogP contribution in [0.4, 0.5) is 14.5 Å². The third kappa shape index (κ3) is 11.6. The zero-order chi connectivity index (χ0) is 44.3. The maximum atomic E-state index is 14.4. The second kappa shape index (κ2) is 20.9. The van der Waals surface area contributed by atoms with Crippen molar-refractivity contribution in [1.82, 2.24) is 36.2 Å². The standard InChI is InChI=1S/C46H48F2N8O6S/c47-32-17-18-33-39(26-32)62-54-42(33)31-19-22-55(23-20-31)45(61)38-16-9-21-56(38)44(60)37(25-30-12-5-2-6-13-30)52-40(57)27-49-43(59)36(24-29-10-3-1-4-11-29)51-41(58)28-50-46(63)53-35-15-8-7-14-34(35)48/h1-8,10-15,17-18,26,31,36-38H,9,16,19-25,27-28H2,(H,49,59)(H,51,58)(H,52,57)(H2,50,53,63)/t36-,37-,38-/m0/s1. The summed E-state index contributed by atoms with van der Waals surface area (Å²) < 4.78 is 33.2. The molecule has 0 spiro atoms. The molecule has 5 aromatic rings. The molecule has 2 saturated heterocycles. The van der Waals surface area contributed by atoms with Crippen molar-refractivity contribution >= 4 is 63.5 Å². The minimum Gasteiger partial charge on any atom is -0.356 e. The van der Waals surface area contributed by atoms with E-state index < -0.39 is 59.9 Å². The Kier molecular flexibility index (Phi) is 14.7. The van der Waals surface area contributed by atoms with Crippen molar-refractivity contribution in [3.8, 4) is 0 Å². The summed E-state index contributed by atoms with van der Waals surface area (Å²) in [7, 11) is 0. The number of piperidine rings is 1. The maximum Gasteiger partial charge on any atom is 0.246 e. The van der Waals surface area contributed by atoms with Crippen LogP contribution in [0.1, 0.15) is 48.4 Å². The second-order valence-corrected chi connectivity index (χ2v) is 16.0. The molecule has 1 aromatic heterocycles. The van der Waals surface area contributed by atoms with Gasteiger partial charge in [0.05, 0.1) is 24.5 Å². The lowest BCUT2D eigenvalue weighted by molar-refractivity contribution is -0.146. The van der Waals surface area contributed by atoms with Crippen LogP contribution in [0.5, 0.6) is 0 Å². The molecule has 0 bridgehead atoms. The molecule has 17 heteroatoms. The van der Waals surface area contributed by atoms with Gasteiger partial charge in [-0.3, -0.25) is 24.0 Å². The first-order chi connectivity index (χ1) is 30.5. The van der Waals surface area contributed by atoms with E-state index in [1.807, 2.05) is 36.4 Å². The smallest absolute Gasteiger partial charge is 0.246 e. The molecule has 0 unspecified atom stereocenters. The predicted octanol–water partition coefficient (Wildman–Crippen LogP) is 4.36. The van der Waals surface area contributed by atoms with E-state index >= 15 is 0 Å². The number of nitrogens with zero attached hydrogens (tertiary/aromatic N) is 3. The molecule has 0 radical (unpaired) electrons. The Balaban J connectivity index is 0.960.